The van der Waals surface area contributed by atoms with Crippen molar-refractivity contribution in [3.63, 3.8) is 0 Å². The van der Waals surface area contributed by atoms with Gasteiger partial charge in [0.1, 0.15) is 5.75 Å². The molecule has 7 heteroatoms. The highest BCUT2D eigenvalue weighted by molar-refractivity contribution is 14.0. The molecule has 6 nitrogen and oxygen atoms in total. The molecule has 1 amide bonds. The molecule has 2 unspecified atom stereocenters. The molecule has 1 aromatic rings. The van der Waals surface area contributed by atoms with Crippen molar-refractivity contribution in [2.24, 2.45) is 10.9 Å². The van der Waals surface area contributed by atoms with Crippen molar-refractivity contribution in [3.8, 4) is 5.75 Å². The molecular formula is C21H33IN4O2. The molecule has 0 aromatic heterocycles. The molecule has 28 heavy (non-hydrogen) atoms. The number of hydrogen-bond acceptors (Lipinski definition) is 3. The van der Waals surface area contributed by atoms with Crippen LogP contribution in [0.15, 0.2) is 29.3 Å². The van der Waals surface area contributed by atoms with E-state index in [4.69, 9.17) is 9.73 Å². The fraction of sp³-hybridized carbons (Fsp3) is 0.619. The van der Waals surface area contributed by atoms with E-state index in [0.717, 1.165) is 36.3 Å². The zero-order chi connectivity index (χ0) is 19.1. The lowest BCUT2D eigenvalue weighted by molar-refractivity contribution is -0.121. The van der Waals surface area contributed by atoms with Crippen molar-refractivity contribution in [2.45, 2.75) is 52.0 Å². The molecule has 2 atom stereocenters. The first-order chi connectivity index (χ1) is 13.2. The molecule has 0 radical (unpaired) electrons. The van der Waals surface area contributed by atoms with Crippen LogP contribution in [0.5, 0.6) is 5.75 Å². The zero-order valence-electron chi connectivity index (χ0n) is 16.9. The van der Waals surface area contributed by atoms with E-state index in [9.17, 15) is 4.79 Å². The Hall–Kier alpha value is -1.51. The molecule has 156 valence electrons. The number of nitrogens with zero attached hydrogens (tertiary/aromatic N) is 2. The standard InChI is InChI=1S/C21H32N4O2.HI/c1-3-22-21(24-17-9-6-8-16(2)14-17)23-12-7-13-25-18-10-4-5-11-19(18)27-15-20(25)26;/h4-5,10-11,16-17H,3,6-9,12-15H2,1-2H3,(H2,22,23,24);1H. The summed E-state index contributed by atoms with van der Waals surface area (Å²) >= 11 is 0. The van der Waals surface area contributed by atoms with Crippen LogP contribution in [0.1, 0.15) is 46.0 Å². The summed E-state index contributed by atoms with van der Waals surface area (Å²) in [5.41, 5.74) is 0.860. The Kier molecular flexibility index (Phi) is 9.34. The van der Waals surface area contributed by atoms with Gasteiger partial charge in [-0.25, -0.2) is 0 Å². The number of hydrogen-bond donors (Lipinski definition) is 2. The van der Waals surface area contributed by atoms with Crippen molar-refractivity contribution in [1.29, 1.82) is 0 Å². The van der Waals surface area contributed by atoms with Crippen molar-refractivity contribution in [3.05, 3.63) is 24.3 Å². The molecule has 0 bridgehead atoms. The van der Waals surface area contributed by atoms with E-state index >= 15 is 0 Å². The summed E-state index contributed by atoms with van der Waals surface area (Å²) in [6.45, 7) is 6.72. The summed E-state index contributed by atoms with van der Waals surface area (Å²) in [7, 11) is 0. The number of anilines is 1. The SMILES string of the molecule is CCNC(=NCCCN1C(=O)COc2ccccc21)NC1CCCC(C)C1.I. The first-order valence-electron chi connectivity index (χ1n) is 10.2. The highest BCUT2D eigenvalue weighted by Crippen LogP contribution is 2.31. The number of benzene rings is 1. The van der Waals surface area contributed by atoms with E-state index < -0.39 is 0 Å². The number of guanidine groups is 1. The largest absolute Gasteiger partial charge is 0.482 e. The highest BCUT2D eigenvalue weighted by atomic mass is 127. The third-order valence-corrected chi connectivity index (χ3v) is 5.24. The Morgan fingerprint density at radius 1 is 1.32 bits per heavy atom. The predicted octanol–water partition coefficient (Wildman–Crippen LogP) is 3.55. The molecule has 1 saturated carbocycles. The normalized spacial score (nSPS) is 22.0. The molecule has 1 heterocycles. The van der Waals surface area contributed by atoms with E-state index in [1.165, 1.54) is 25.7 Å². The van der Waals surface area contributed by atoms with Crippen LogP contribution < -0.4 is 20.3 Å². The molecule has 2 aliphatic rings. The minimum atomic E-state index is 0. The summed E-state index contributed by atoms with van der Waals surface area (Å²) in [6.07, 6.45) is 5.87. The average Bonchev–Trinajstić information content (AvgIpc) is 2.66. The van der Waals surface area contributed by atoms with Crippen molar-refractivity contribution in [1.82, 2.24) is 10.6 Å². The van der Waals surface area contributed by atoms with Crippen molar-refractivity contribution in [2.75, 3.05) is 31.1 Å². The van der Waals surface area contributed by atoms with Gasteiger partial charge in [-0.1, -0.05) is 31.9 Å². The Bertz CT molecular complexity index is 668. The first kappa shape index (κ1) is 22.8. The molecule has 3 rings (SSSR count). The van der Waals surface area contributed by atoms with Gasteiger partial charge in [0.05, 0.1) is 5.69 Å². The van der Waals surface area contributed by atoms with Crippen LogP contribution in [-0.4, -0.2) is 44.1 Å². The van der Waals surface area contributed by atoms with Gasteiger partial charge in [-0.15, -0.1) is 24.0 Å². The zero-order valence-corrected chi connectivity index (χ0v) is 19.3. The molecule has 1 aliphatic heterocycles. The molecular weight excluding hydrogens is 467 g/mol. The second-order valence-electron chi connectivity index (χ2n) is 7.53. The molecule has 2 N–H and O–H groups in total. The first-order valence-corrected chi connectivity index (χ1v) is 10.2. The van der Waals surface area contributed by atoms with E-state index in [0.29, 0.717) is 19.1 Å². The molecule has 1 fully saturated rings. The fourth-order valence-corrected chi connectivity index (χ4v) is 3.90. The van der Waals surface area contributed by atoms with Gasteiger partial charge in [0.25, 0.3) is 5.91 Å². The van der Waals surface area contributed by atoms with Gasteiger partial charge in [-0.05, 0) is 44.2 Å². The summed E-state index contributed by atoms with van der Waals surface area (Å²) in [4.78, 5) is 18.8. The Morgan fingerprint density at radius 2 is 2.14 bits per heavy atom. The number of carbonyl (C=O) groups excluding carboxylic acids is 1. The monoisotopic (exact) mass is 500 g/mol. The number of carbonyl (C=O) groups is 1. The third-order valence-electron chi connectivity index (χ3n) is 5.24. The maximum Gasteiger partial charge on any atom is 0.265 e. The highest BCUT2D eigenvalue weighted by Gasteiger charge is 2.24. The molecule has 1 aromatic carbocycles. The quantitative estimate of drug-likeness (QED) is 0.272. The number of nitrogens with one attached hydrogen (secondary N) is 2. The number of rotatable bonds is 6. The number of halogens is 1. The van der Waals surface area contributed by atoms with Gasteiger partial charge in [0.2, 0.25) is 0 Å². The van der Waals surface area contributed by atoms with Crippen LogP contribution in [0.2, 0.25) is 0 Å². The molecule has 1 aliphatic carbocycles. The molecule has 0 saturated heterocycles. The fourth-order valence-electron chi connectivity index (χ4n) is 3.90. The average molecular weight is 500 g/mol. The summed E-state index contributed by atoms with van der Waals surface area (Å²) in [5.74, 6) is 2.47. The second kappa shape index (κ2) is 11.5. The van der Waals surface area contributed by atoms with Crippen molar-refractivity contribution >= 4 is 41.5 Å². The summed E-state index contributed by atoms with van der Waals surface area (Å²) in [6, 6.07) is 8.22. The Morgan fingerprint density at radius 3 is 2.93 bits per heavy atom. The molecule has 0 spiro atoms. The Balaban J connectivity index is 0.00000280. The van der Waals surface area contributed by atoms with E-state index in [1.54, 1.807) is 0 Å². The van der Waals surface area contributed by atoms with Gasteiger partial charge in [-0.2, -0.15) is 0 Å². The number of aliphatic imine (C=N–C) groups is 1. The van der Waals surface area contributed by atoms with Crippen LogP contribution in [0.25, 0.3) is 0 Å². The lowest BCUT2D eigenvalue weighted by atomic mass is 9.87. The number of ether oxygens (including phenoxy) is 1. The number of amides is 1. The number of fused-ring (bicyclic) bond motifs is 1. The smallest absolute Gasteiger partial charge is 0.265 e. The van der Waals surface area contributed by atoms with Gasteiger partial charge in [0.15, 0.2) is 12.6 Å². The van der Waals surface area contributed by atoms with Crippen LogP contribution in [0, 0.1) is 5.92 Å². The summed E-state index contributed by atoms with van der Waals surface area (Å²) in [5, 5.41) is 6.93. The van der Waals surface area contributed by atoms with Crippen LogP contribution >= 0.6 is 24.0 Å². The third kappa shape index (κ3) is 6.25. The minimum Gasteiger partial charge on any atom is -0.482 e. The van der Waals surface area contributed by atoms with E-state index in [2.05, 4.69) is 24.5 Å². The number of para-hydroxylation sites is 2. The van der Waals surface area contributed by atoms with Crippen molar-refractivity contribution < 1.29 is 9.53 Å². The summed E-state index contributed by atoms with van der Waals surface area (Å²) < 4.78 is 5.50. The van der Waals surface area contributed by atoms with Crippen LogP contribution in [0.3, 0.4) is 0 Å². The Labute approximate surface area is 185 Å². The van der Waals surface area contributed by atoms with Crippen LogP contribution in [0.4, 0.5) is 5.69 Å². The van der Waals surface area contributed by atoms with Crippen LogP contribution in [-0.2, 0) is 4.79 Å². The van der Waals surface area contributed by atoms with E-state index in [-0.39, 0.29) is 36.5 Å². The minimum absolute atomic E-state index is 0. The van der Waals surface area contributed by atoms with Gasteiger partial charge in [0, 0.05) is 25.7 Å². The lowest BCUT2D eigenvalue weighted by Crippen LogP contribution is -2.45. The maximum atomic E-state index is 12.2. The lowest BCUT2D eigenvalue weighted by Gasteiger charge is -2.29. The van der Waals surface area contributed by atoms with Gasteiger partial charge < -0.3 is 20.3 Å². The second-order valence-corrected chi connectivity index (χ2v) is 7.53. The topological polar surface area (TPSA) is 66.0 Å². The van der Waals surface area contributed by atoms with Gasteiger partial charge in [-0.3, -0.25) is 9.79 Å². The maximum absolute atomic E-state index is 12.2. The van der Waals surface area contributed by atoms with Gasteiger partial charge >= 0.3 is 0 Å². The van der Waals surface area contributed by atoms with E-state index in [1.807, 2.05) is 29.2 Å². The predicted molar refractivity (Wildman–Crippen MR) is 125 cm³/mol.